The minimum Gasteiger partial charge on any atom is -0.244 e. The van der Waals surface area contributed by atoms with Crippen LogP contribution >= 0.6 is 0 Å². The first-order valence-electron chi connectivity index (χ1n) is 5.51. The zero-order valence-corrected chi connectivity index (χ0v) is 10.1. The first kappa shape index (κ1) is 12.0. The quantitative estimate of drug-likeness (QED) is 0.874. The Bertz CT molecular complexity index is 542. The number of hydrogen-bond acceptors (Lipinski definition) is 4. The van der Waals surface area contributed by atoms with Crippen molar-refractivity contribution in [3.63, 3.8) is 0 Å². The summed E-state index contributed by atoms with van der Waals surface area (Å²) in [7, 11) is -3.62. The Labute approximate surface area is 101 Å². The first-order valence-corrected chi connectivity index (χ1v) is 6.99. The van der Waals surface area contributed by atoms with Gasteiger partial charge in [-0.1, -0.05) is 12.8 Å². The molecule has 90 valence electrons. The second kappa shape index (κ2) is 4.82. The van der Waals surface area contributed by atoms with Gasteiger partial charge in [-0.15, -0.1) is 0 Å². The molecule has 2 rings (SSSR count). The number of nitrogens with zero attached hydrogens (tertiary/aromatic N) is 2. The maximum Gasteiger partial charge on any atom is 0.243 e. The third-order valence-corrected chi connectivity index (χ3v) is 4.40. The summed E-state index contributed by atoms with van der Waals surface area (Å²) in [4.78, 5) is 3.72. The van der Waals surface area contributed by atoms with Gasteiger partial charge in [0.15, 0.2) is 5.69 Å². The van der Waals surface area contributed by atoms with E-state index in [0.29, 0.717) is 0 Å². The number of nitrogens with one attached hydrogen (secondary N) is 1. The van der Waals surface area contributed by atoms with Gasteiger partial charge in [0.1, 0.15) is 11.0 Å². The summed E-state index contributed by atoms with van der Waals surface area (Å²) in [5, 5.41) is 8.84. The number of hydrogen-bond donors (Lipinski definition) is 1. The molecule has 0 saturated heterocycles. The Kier molecular flexibility index (Phi) is 3.41. The third kappa shape index (κ3) is 2.62. The largest absolute Gasteiger partial charge is 0.244 e. The molecule has 0 radical (unpaired) electrons. The standard InChI is InChI=1S/C11H13N3O2S/c12-8-10-11(6-3-7-13-10)17(15,16)14-9-4-1-2-5-9/h3,6-7,9,14H,1-2,4-5H2. The highest BCUT2D eigenvalue weighted by Gasteiger charge is 2.25. The van der Waals surface area contributed by atoms with Crippen molar-refractivity contribution in [1.82, 2.24) is 9.71 Å². The molecule has 1 N–H and O–H groups in total. The van der Waals surface area contributed by atoms with E-state index in [1.807, 2.05) is 0 Å². The summed E-state index contributed by atoms with van der Waals surface area (Å²) in [5.41, 5.74) is -0.0574. The van der Waals surface area contributed by atoms with Crippen LogP contribution in [0.2, 0.25) is 0 Å². The van der Waals surface area contributed by atoms with E-state index < -0.39 is 10.0 Å². The molecule has 1 aromatic rings. The number of nitriles is 1. The summed E-state index contributed by atoms with van der Waals surface area (Å²) in [6.45, 7) is 0. The normalized spacial score (nSPS) is 16.9. The van der Waals surface area contributed by atoms with E-state index >= 15 is 0 Å². The molecule has 0 unspecified atom stereocenters. The van der Waals surface area contributed by atoms with Gasteiger partial charge in [0, 0.05) is 12.2 Å². The molecule has 6 heteroatoms. The van der Waals surface area contributed by atoms with Gasteiger partial charge in [-0.2, -0.15) is 5.26 Å². The van der Waals surface area contributed by atoms with Crippen molar-refractivity contribution in [1.29, 1.82) is 5.26 Å². The molecule has 1 aromatic heterocycles. The van der Waals surface area contributed by atoms with Crippen molar-refractivity contribution in [2.75, 3.05) is 0 Å². The van der Waals surface area contributed by atoms with Crippen molar-refractivity contribution in [3.8, 4) is 6.07 Å². The molecule has 17 heavy (non-hydrogen) atoms. The minimum absolute atomic E-state index is 0.00764. The van der Waals surface area contributed by atoms with E-state index in [1.54, 1.807) is 6.07 Å². The Morgan fingerprint density at radius 3 is 2.76 bits per heavy atom. The van der Waals surface area contributed by atoms with Gasteiger partial charge in [-0.05, 0) is 25.0 Å². The molecular formula is C11H13N3O2S. The van der Waals surface area contributed by atoms with Gasteiger partial charge < -0.3 is 0 Å². The number of pyridine rings is 1. The van der Waals surface area contributed by atoms with Crippen LogP contribution in [0.25, 0.3) is 0 Å². The van der Waals surface area contributed by atoms with Crippen LogP contribution in [-0.2, 0) is 10.0 Å². The highest BCUT2D eigenvalue weighted by Crippen LogP contribution is 2.21. The monoisotopic (exact) mass is 251 g/mol. The molecule has 5 nitrogen and oxygen atoms in total. The van der Waals surface area contributed by atoms with E-state index in [1.165, 1.54) is 18.3 Å². The summed E-state index contributed by atoms with van der Waals surface area (Å²) >= 11 is 0. The smallest absolute Gasteiger partial charge is 0.243 e. The van der Waals surface area contributed by atoms with Crippen LogP contribution in [-0.4, -0.2) is 19.4 Å². The van der Waals surface area contributed by atoms with Gasteiger partial charge in [-0.3, -0.25) is 0 Å². The van der Waals surface area contributed by atoms with Crippen LogP contribution in [0.5, 0.6) is 0 Å². The topological polar surface area (TPSA) is 82.8 Å². The van der Waals surface area contributed by atoms with Crippen molar-refractivity contribution in [3.05, 3.63) is 24.0 Å². The molecule has 0 atom stereocenters. The third-order valence-electron chi connectivity index (χ3n) is 2.84. The van der Waals surface area contributed by atoms with Crippen molar-refractivity contribution < 1.29 is 8.42 Å². The lowest BCUT2D eigenvalue weighted by Crippen LogP contribution is -2.33. The molecule has 1 saturated carbocycles. The zero-order valence-electron chi connectivity index (χ0n) is 9.26. The number of sulfonamides is 1. The lowest BCUT2D eigenvalue weighted by atomic mass is 10.3. The molecule has 1 fully saturated rings. The second-order valence-electron chi connectivity index (χ2n) is 4.06. The minimum atomic E-state index is -3.62. The van der Waals surface area contributed by atoms with E-state index in [2.05, 4.69) is 9.71 Å². The van der Waals surface area contributed by atoms with Crippen LogP contribution < -0.4 is 4.72 Å². The number of rotatable bonds is 3. The lowest BCUT2D eigenvalue weighted by molar-refractivity contribution is 0.551. The summed E-state index contributed by atoms with van der Waals surface area (Å²) in [6.07, 6.45) is 5.23. The van der Waals surface area contributed by atoms with Crippen LogP contribution in [0.1, 0.15) is 31.4 Å². The zero-order chi connectivity index (χ0) is 12.3. The summed E-state index contributed by atoms with van der Waals surface area (Å²) < 4.78 is 26.8. The average Bonchev–Trinajstić information content (AvgIpc) is 2.81. The predicted molar refractivity (Wildman–Crippen MR) is 61.5 cm³/mol. The average molecular weight is 251 g/mol. The SMILES string of the molecule is N#Cc1ncccc1S(=O)(=O)NC1CCCC1. The molecule has 0 aliphatic heterocycles. The van der Waals surface area contributed by atoms with Gasteiger partial charge in [-0.25, -0.2) is 18.1 Å². The predicted octanol–water partition coefficient (Wildman–Crippen LogP) is 1.17. The van der Waals surface area contributed by atoms with Gasteiger partial charge in [0.2, 0.25) is 10.0 Å². The van der Waals surface area contributed by atoms with Gasteiger partial charge >= 0.3 is 0 Å². The maximum absolute atomic E-state index is 12.1. The molecular weight excluding hydrogens is 238 g/mol. The molecule has 0 bridgehead atoms. The fourth-order valence-corrected chi connectivity index (χ4v) is 3.43. The van der Waals surface area contributed by atoms with E-state index in [-0.39, 0.29) is 16.6 Å². The van der Waals surface area contributed by atoms with Crippen molar-refractivity contribution in [2.45, 2.75) is 36.6 Å². The summed E-state index contributed by atoms with van der Waals surface area (Å²) in [5.74, 6) is 0. The van der Waals surface area contributed by atoms with Crippen LogP contribution in [0.3, 0.4) is 0 Å². The summed E-state index contributed by atoms with van der Waals surface area (Å²) in [6, 6.07) is 4.71. The maximum atomic E-state index is 12.1. The highest BCUT2D eigenvalue weighted by molar-refractivity contribution is 7.89. The molecule has 0 amide bonds. The van der Waals surface area contributed by atoms with Gasteiger partial charge in [0.05, 0.1) is 0 Å². The van der Waals surface area contributed by atoms with Crippen molar-refractivity contribution >= 4 is 10.0 Å². The second-order valence-corrected chi connectivity index (χ2v) is 5.75. The molecule has 0 spiro atoms. The molecule has 0 aromatic carbocycles. The first-order chi connectivity index (χ1) is 8.13. The molecule has 1 aliphatic carbocycles. The Morgan fingerprint density at radius 1 is 1.41 bits per heavy atom. The van der Waals surface area contributed by atoms with Crippen LogP contribution in [0.4, 0.5) is 0 Å². The highest BCUT2D eigenvalue weighted by atomic mass is 32.2. The van der Waals surface area contributed by atoms with Crippen LogP contribution in [0.15, 0.2) is 23.2 Å². The van der Waals surface area contributed by atoms with Crippen molar-refractivity contribution in [2.24, 2.45) is 0 Å². The molecule has 1 aliphatic rings. The van der Waals surface area contributed by atoms with E-state index in [4.69, 9.17) is 5.26 Å². The van der Waals surface area contributed by atoms with Gasteiger partial charge in [0.25, 0.3) is 0 Å². The fourth-order valence-electron chi connectivity index (χ4n) is 2.02. The lowest BCUT2D eigenvalue weighted by Gasteiger charge is -2.12. The van der Waals surface area contributed by atoms with Crippen LogP contribution in [0, 0.1) is 11.3 Å². The number of aromatic nitrogens is 1. The Morgan fingerprint density at radius 2 is 2.12 bits per heavy atom. The molecule has 1 heterocycles. The van der Waals surface area contributed by atoms with E-state index in [0.717, 1.165) is 25.7 Å². The fraction of sp³-hybridized carbons (Fsp3) is 0.455. The van der Waals surface area contributed by atoms with E-state index in [9.17, 15) is 8.42 Å². The Balaban J connectivity index is 2.28. The Hall–Kier alpha value is -1.45.